The zero-order valence-corrected chi connectivity index (χ0v) is 14.9. The van der Waals surface area contributed by atoms with Gasteiger partial charge in [0.05, 0.1) is 10.9 Å². The molecule has 5 heteroatoms. The maximum absolute atomic E-state index is 4.92. The first-order valence-corrected chi connectivity index (χ1v) is 8.40. The summed E-state index contributed by atoms with van der Waals surface area (Å²) in [5.74, 6) is 0.795. The lowest BCUT2D eigenvalue weighted by molar-refractivity contribution is 0.367. The van der Waals surface area contributed by atoms with Crippen LogP contribution in [0.1, 0.15) is 20.8 Å². The summed E-state index contributed by atoms with van der Waals surface area (Å²) in [5, 5.41) is 11.5. The number of nitrogens with zero attached hydrogens (tertiary/aromatic N) is 4. The minimum Gasteiger partial charge on any atom is -0.372 e. The summed E-state index contributed by atoms with van der Waals surface area (Å²) in [7, 11) is 1.88. The minimum absolute atomic E-state index is 0.174. The highest BCUT2D eigenvalue weighted by molar-refractivity contribution is 6.00. The van der Waals surface area contributed by atoms with Crippen LogP contribution in [0.3, 0.4) is 0 Å². The zero-order valence-electron chi connectivity index (χ0n) is 14.9. The second kappa shape index (κ2) is 5.55. The molecule has 126 valence electrons. The second-order valence-electron chi connectivity index (χ2n) is 7.16. The van der Waals surface area contributed by atoms with Crippen LogP contribution in [0.15, 0.2) is 48.8 Å². The maximum atomic E-state index is 4.92. The van der Waals surface area contributed by atoms with Crippen LogP contribution in [0.25, 0.3) is 33.1 Å². The first-order chi connectivity index (χ1) is 12.0. The predicted molar refractivity (Wildman–Crippen MR) is 103 cm³/mol. The van der Waals surface area contributed by atoms with E-state index in [1.165, 1.54) is 10.8 Å². The van der Waals surface area contributed by atoms with Crippen LogP contribution >= 0.6 is 0 Å². The highest BCUT2D eigenvalue weighted by Crippen LogP contribution is 2.34. The molecule has 4 rings (SSSR count). The fourth-order valence-corrected chi connectivity index (χ4v) is 3.15. The predicted octanol–water partition coefficient (Wildman–Crippen LogP) is 4.44. The molecule has 0 aliphatic carbocycles. The quantitative estimate of drug-likeness (QED) is 0.590. The van der Waals surface area contributed by atoms with Crippen molar-refractivity contribution >= 4 is 27.6 Å². The summed E-state index contributed by atoms with van der Waals surface area (Å²) in [5.41, 5.74) is 2.64. The van der Waals surface area contributed by atoms with Crippen molar-refractivity contribution in [1.29, 1.82) is 0 Å². The van der Waals surface area contributed by atoms with Crippen molar-refractivity contribution in [3.63, 3.8) is 0 Å². The average molecular weight is 331 g/mol. The molecule has 2 aromatic heterocycles. The fraction of sp³-hybridized carbons (Fsp3) is 0.250. The normalized spacial score (nSPS) is 12.0. The Morgan fingerprint density at radius 3 is 2.44 bits per heavy atom. The number of anilines is 1. The first-order valence-electron chi connectivity index (χ1n) is 8.40. The lowest BCUT2D eigenvalue weighted by Gasteiger charge is -2.19. The van der Waals surface area contributed by atoms with Crippen molar-refractivity contribution in [2.24, 2.45) is 0 Å². The molecule has 2 aromatic carbocycles. The number of hydrogen-bond donors (Lipinski definition) is 1. The Morgan fingerprint density at radius 1 is 0.960 bits per heavy atom. The second-order valence-corrected chi connectivity index (χ2v) is 7.16. The van der Waals surface area contributed by atoms with Crippen molar-refractivity contribution in [3.8, 4) is 11.3 Å². The Hall–Kier alpha value is -2.95. The monoisotopic (exact) mass is 331 g/mol. The van der Waals surface area contributed by atoms with Crippen LogP contribution in [0, 0.1) is 0 Å². The highest BCUT2D eigenvalue weighted by Gasteiger charge is 2.24. The molecule has 4 aromatic rings. The summed E-state index contributed by atoms with van der Waals surface area (Å²) in [6, 6.07) is 14.8. The Bertz CT molecular complexity index is 1070. The van der Waals surface area contributed by atoms with E-state index in [4.69, 9.17) is 5.10 Å². The van der Waals surface area contributed by atoms with Crippen molar-refractivity contribution in [2.45, 2.75) is 26.3 Å². The highest BCUT2D eigenvalue weighted by atomic mass is 15.3. The van der Waals surface area contributed by atoms with E-state index in [9.17, 15) is 0 Å². The van der Waals surface area contributed by atoms with E-state index in [0.29, 0.717) is 0 Å². The van der Waals surface area contributed by atoms with Gasteiger partial charge in [0.1, 0.15) is 17.8 Å². The van der Waals surface area contributed by atoms with Gasteiger partial charge >= 0.3 is 0 Å². The number of rotatable bonds is 2. The summed E-state index contributed by atoms with van der Waals surface area (Å²) in [4.78, 5) is 8.91. The molecule has 0 bridgehead atoms. The van der Waals surface area contributed by atoms with Gasteiger partial charge in [-0.3, -0.25) is 0 Å². The van der Waals surface area contributed by atoms with Gasteiger partial charge in [0.2, 0.25) is 0 Å². The number of aromatic nitrogens is 4. The van der Waals surface area contributed by atoms with E-state index in [0.717, 1.165) is 28.1 Å². The van der Waals surface area contributed by atoms with Crippen molar-refractivity contribution in [1.82, 2.24) is 19.7 Å². The van der Waals surface area contributed by atoms with Crippen LogP contribution < -0.4 is 5.32 Å². The van der Waals surface area contributed by atoms with Gasteiger partial charge in [-0.2, -0.15) is 5.10 Å². The van der Waals surface area contributed by atoms with Crippen molar-refractivity contribution < 1.29 is 0 Å². The Kier molecular flexibility index (Phi) is 3.46. The third-order valence-corrected chi connectivity index (χ3v) is 4.36. The molecule has 25 heavy (non-hydrogen) atoms. The average Bonchev–Trinajstić information content (AvgIpc) is 3.01. The van der Waals surface area contributed by atoms with Crippen molar-refractivity contribution in [2.75, 3.05) is 12.4 Å². The SMILES string of the molecule is CNc1ncnc2c1c(-c1ccc3ccccc3c1)nn2C(C)(C)C. The third kappa shape index (κ3) is 2.52. The Labute approximate surface area is 146 Å². The fourth-order valence-electron chi connectivity index (χ4n) is 3.15. The molecule has 2 heterocycles. The molecule has 5 nitrogen and oxygen atoms in total. The lowest BCUT2D eigenvalue weighted by atomic mass is 10.0. The van der Waals surface area contributed by atoms with E-state index in [2.05, 4.69) is 78.5 Å². The molecule has 0 radical (unpaired) electrons. The largest absolute Gasteiger partial charge is 0.372 e. The van der Waals surface area contributed by atoms with Gasteiger partial charge in [0.25, 0.3) is 0 Å². The summed E-state index contributed by atoms with van der Waals surface area (Å²) < 4.78 is 1.98. The minimum atomic E-state index is -0.174. The molecule has 0 aliphatic rings. The van der Waals surface area contributed by atoms with E-state index in [-0.39, 0.29) is 5.54 Å². The molecule has 1 N–H and O–H groups in total. The summed E-state index contributed by atoms with van der Waals surface area (Å²) in [6.45, 7) is 6.39. The van der Waals surface area contributed by atoms with Crippen LogP contribution in [-0.2, 0) is 5.54 Å². The van der Waals surface area contributed by atoms with Gasteiger partial charge in [0, 0.05) is 12.6 Å². The van der Waals surface area contributed by atoms with Gasteiger partial charge in [-0.1, -0.05) is 36.4 Å². The van der Waals surface area contributed by atoms with E-state index >= 15 is 0 Å². The van der Waals surface area contributed by atoms with E-state index in [1.54, 1.807) is 6.33 Å². The van der Waals surface area contributed by atoms with E-state index in [1.807, 2.05) is 11.7 Å². The van der Waals surface area contributed by atoms with Crippen LogP contribution in [-0.4, -0.2) is 26.8 Å². The molecule has 0 atom stereocenters. The molecule has 0 fully saturated rings. The first kappa shape index (κ1) is 15.6. The topological polar surface area (TPSA) is 55.6 Å². The molecular formula is C20H21N5. The molecule has 0 aliphatic heterocycles. The Morgan fingerprint density at radius 2 is 1.72 bits per heavy atom. The van der Waals surface area contributed by atoms with Gasteiger partial charge in [-0.15, -0.1) is 0 Å². The number of hydrogen-bond acceptors (Lipinski definition) is 4. The lowest BCUT2D eigenvalue weighted by Crippen LogP contribution is -2.23. The number of nitrogens with one attached hydrogen (secondary N) is 1. The van der Waals surface area contributed by atoms with Crippen LogP contribution in [0.4, 0.5) is 5.82 Å². The molecule has 0 saturated heterocycles. The summed E-state index contributed by atoms with van der Waals surface area (Å²) in [6.07, 6.45) is 1.59. The molecule has 0 amide bonds. The standard InChI is InChI=1S/C20H21N5/c1-20(2,3)25-19-16(18(21-4)22-12-23-19)17(24-25)15-10-9-13-7-5-6-8-14(13)11-15/h5-12H,1-4H3,(H,21,22,23). The van der Waals surface area contributed by atoms with Crippen LogP contribution in [0.2, 0.25) is 0 Å². The van der Waals surface area contributed by atoms with Gasteiger partial charge in [-0.05, 0) is 37.6 Å². The zero-order chi connectivity index (χ0) is 17.6. The molecule has 0 unspecified atom stereocenters. The Balaban J connectivity index is 2.06. The van der Waals surface area contributed by atoms with Gasteiger partial charge < -0.3 is 5.32 Å². The molecule has 0 saturated carbocycles. The van der Waals surface area contributed by atoms with Crippen LogP contribution in [0.5, 0.6) is 0 Å². The van der Waals surface area contributed by atoms with E-state index < -0.39 is 0 Å². The molecule has 0 spiro atoms. The van der Waals surface area contributed by atoms with Gasteiger partial charge in [0.15, 0.2) is 5.65 Å². The summed E-state index contributed by atoms with van der Waals surface area (Å²) >= 11 is 0. The maximum Gasteiger partial charge on any atom is 0.164 e. The van der Waals surface area contributed by atoms with Crippen molar-refractivity contribution in [3.05, 3.63) is 48.8 Å². The van der Waals surface area contributed by atoms with Gasteiger partial charge in [-0.25, -0.2) is 14.6 Å². The number of fused-ring (bicyclic) bond motifs is 2. The number of benzene rings is 2. The molecular weight excluding hydrogens is 310 g/mol. The third-order valence-electron chi connectivity index (χ3n) is 4.36. The smallest absolute Gasteiger partial charge is 0.164 e.